The highest BCUT2D eigenvalue weighted by Gasteiger charge is 2.28. The Bertz CT molecular complexity index is 754. The Hall–Kier alpha value is -2.30. The quantitative estimate of drug-likeness (QED) is 0.789. The number of nitrogens with one attached hydrogen (secondary N) is 1. The third-order valence-electron chi connectivity index (χ3n) is 3.61. The zero-order valence-corrected chi connectivity index (χ0v) is 11.3. The molecule has 3 aromatic rings. The minimum absolute atomic E-state index is 0.587. The van der Waals surface area contributed by atoms with Gasteiger partial charge in [-0.05, 0) is 31.9 Å². The second-order valence-corrected chi connectivity index (χ2v) is 5.31. The first-order chi connectivity index (χ1) is 9.81. The molecule has 2 aromatic heterocycles. The summed E-state index contributed by atoms with van der Waals surface area (Å²) in [5.41, 5.74) is 3.14. The molecular weight excluding hydrogens is 252 g/mol. The fraction of sp³-hybridized carbons (Fsp3) is 0.333. The predicted molar refractivity (Wildman–Crippen MR) is 76.6 cm³/mol. The van der Waals surface area contributed by atoms with Crippen molar-refractivity contribution in [3.8, 4) is 0 Å². The van der Waals surface area contributed by atoms with Crippen LogP contribution >= 0.6 is 0 Å². The molecule has 1 aromatic carbocycles. The molecule has 4 rings (SSSR count). The highest BCUT2D eigenvalue weighted by atomic mass is 16.5. The van der Waals surface area contributed by atoms with Gasteiger partial charge in [-0.1, -0.05) is 17.3 Å². The van der Waals surface area contributed by atoms with E-state index in [2.05, 4.69) is 38.2 Å². The molecule has 2 heterocycles. The third-order valence-corrected chi connectivity index (χ3v) is 3.61. The molecule has 0 spiro atoms. The Morgan fingerprint density at radius 2 is 2.20 bits per heavy atom. The number of para-hydroxylation sites is 2. The van der Waals surface area contributed by atoms with Crippen LogP contribution in [0.3, 0.4) is 0 Å². The van der Waals surface area contributed by atoms with E-state index in [1.54, 1.807) is 0 Å². The molecule has 0 bridgehead atoms. The molecule has 5 heteroatoms. The second kappa shape index (κ2) is 4.37. The van der Waals surface area contributed by atoms with E-state index in [1.165, 1.54) is 18.4 Å². The van der Waals surface area contributed by atoms with E-state index >= 15 is 0 Å². The van der Waals surface area contributed by atoms with Crippen LogP contribution in [0, 0.1) is 6.92 Å². The molecule has 1 fully saturated rings. The molecule has 1 N–H and O–H groups in total. The molecule has 5 nitrogen and oxygen atoms in total. The summed E-state index contributed by atoms with van der Waals surface area (Å²) in [6, 6.07) is 10.8. The number of aromatic nitrogens is 3. The average molecular weight is 268 g/mol. The van der Waals surface area contributed by atoms with Gasteiger partial charge in [-0.2, -0.15) is 0 Å². The zero-order valence-electron chi connectivity index (χ0n) is 11.3. The van der Waals surface area contributed by atoms with Crippen LogP contribution in [0.5, 0.6) is 0 Å². The minimum atomic E-state index is 0.587. The van der Waals surface area contributed by atoms with Gasteiger partial charge in [0.25, 0.3) is 0 Å². The summed E-state index contributed by atoms with van der Waals surface area (Å²) in [5.74, 6) is 1.76. The summed E-state index contributed by atoms with van der Waals surface area (Å²) in [7, 11) is 0. The monoisotopic (exact) mass is 268 g/mol. The summed E-state index contributed by atoms with van der Waals surface area (Å²) in [5, 5.41) is 7.38. The Morgan fingerprint density at radius 3 is 2.95 bits per heavy atom. The van der Waals surface area contributed by atoms with E-state index in [4.69, 9.17) is 4.52 Å². The van der Waals surface area contributed by atoms with Crippen molar-refractivity contribution in [3.05, 3.63) is 41.8 Å². The first-order valence-corrected chi connectivity index (χ1v) is 6.94. The van der Waals surface area contributed by atoms with Gasteiger partial charge < -0.3 is 14.4 Å². The van der Waals surface area contributed by atoms with Gasteiger partial charge in [-0.15, -0.1) is 0 Å². The van der Waals surface area contributed by atoms with Crippen LogP contribution in [0.15, 0.2) is 34.9 Å². The van der Waals surface area contributed by atoms with Crippen LogP contribution in [-0.2, 0) is 6.54 Å². The number of nitrogens with zero attached hydrogens (tertiary/aromatic N) is 3. The summed E-state index contributed by atoms with van der Waals surface area (Å²) < 4.78 is 7.39. The van der Waals surface area contributed by atoms with Crippen molar-refractivity contribution in [1.82, 2.24) is 14.7 Å². The van der Waals surface area contributed by atoms with Crippen molar-refractivity contribution in [3.63, 3.8) is 0 Å². The van der Waals surface area contributed by atoms with E-state index < -0.39 is 0 Å². The fourth-order valence-corrected chi connectivity index (χ4v) is 2.54. The number of imidazole rings is 1. The topological polar surface area (TPSA) is 55.9 Å². The highest BCUT2D eigenvalue weighted by molar-refractivity contribution is 5.79. The smallest absolute Gasteiger partial charge is 0.204 e. The van der Waals surface area contributed by atoms with Crippen LogP contribution in [0.25, 0.3) is 11.0 Å². The van der Waals surface area contributed by atoms with Gasteiger partial charge in [0.1, 0.15) is 11.5 Å². The van der Waals surface area contributed by atoms with Crippen LogP contribution in [0.2, 0.25) is 0 Å². The molecule has 1 aliphatic carbocycles. The number of hydrogen-bond acceptors (Lipinski definition) is 4. The van der Waals surface area contributed by atoms with Crippen LogP contribution in [0.1, 0.15) is 30.3 Å². The van der Waals surface area contributed by atoms with Gasteiger partial charge in [0.15, 0.2) is 0 Å². The van der Waals surface area contributed by atoms with Gasteiger partial charge in [-0.25, -0.2) is 4.98 Å². The van der Waals surface area contributed by atoms with Crippen LogP contribution in [-0.4, -0.2) is 14.7 Å². The lowest BCUT2D eigenvalue weighted by atomic mass is 10.3. The second-order valence-electron chi connectivity index (χ2n) is 5.31. The van der Waals surface area contributed by atoms with Crippen molar-refractivity contribution < 1.29 is 4.52 Å². The Kier molecular flexibility index (Phi) is 2.52. The molecule has 0 radical (unpaired) electrons. The van der Waals surface area contributed by atoms with Gasteiger partial charge in [0.2, 0.25) is 5.95 Å². The number of fused-ring (bicyclic) bond motifs is 1. The first-order valence-electron chi connectivity index (χ1n) is 6.94. The van der Waals surface area contributed by atoms with E-state index in [0.717, 1.165) is 22.9 Å². The van der Waals surface area contributed by atoms with Crippen molar-refractivity contribution in [2.75, 3.05) is 5.32 Å². The van der Waals surface area contributed by atoms with Gasteiger partial charge >= 0.3 is 0 Å². The number of benzene rings is 1. The van der Waals surface area contributed by atoms with E-state index in [-0.39, 0.29) is 0 Å². The van der Waals surface area contributed by atoms with E-state index in [0.29, 0.717) is 12.6 Å². The number of rotatable bonds is 4. The molecule has 102 valence electrons. The molecule has 0 atom stereocenters. The van der Waals surface area contributed by atoms with Crippen molar-refractivity contribution in [2.45, 2.75) is 32.4 Å². The molecule has 1 saturated carbocycles. The lowest BCUT2D eigenvalue weighted by molar-refractivity contribution is 0.391. The van der Waals surface area contributed by atoms with Crippen LogP contribution in [0.4, 0.5) is 5.95 Å². The largest absolute Gasteiger partial charge is 0.361 e. The molecule has 0 saturated heterocycles. The number of anilines is 1. The highest BCUT2D eigenvalue weighted by Crippen LogP contribution is 2.40. The van der Waals surface area contributed by atoms with Gasteiger partial charge in [0.05, 0.1) is 17.6 Å². The first kappa shape index (κ1) is 11.5. The standard InChI is InChI=1S/C15H16N4O/c1-10-8-11(18-20-10)9-16-15-17-13-4-2-3-5-14(13)19(15)12-6-7-12/h2-5,8,12H,6-7,9H2,1H3,(H,16,17). The summed E-state index contributed by atoms with van der Waals surface area (Å²) in [6.45, 7) is 2.53. The van der Waals surface area contributed by atoms with Crippen molar-refractivity contribution in [1.29, 1.82) is 0 Å². The van der Waals surface area contributed by atoms with Gasteiger partial charge in [0, 0.05) is 12.1 Å². The van der Waals surface area contributed by atoms with Crippen LogP contribution < -0.4 is 5.32 Å². The lowest BCUT2D eigenvalue weighted by Gasteiger charge is -2.08. The summed E-state index contributed by atoms with van der Waals surface area (Å²) >= 11 is 0. The third kappa shape index (κ3) is 1.95. The average Bonchev–Trinajstić information content (AvgIpc) is 3.09. The van der Waals surface area contributed by atoms with Gasteiger partial charge in [-0.3, -0.25) is 0 Å². The summed E-state index contributed by atoms with van der Waals surface area (Å²) in [4.78, 5) is 4.69. The Balaban J connectivity index is 1.66. The molecule has 0 unspecified atom stereocenters. The Morgan fingerprint density at radius 1 is 1.35 bits per heavy atom. The zero-order chi connectivity index (χ0) is 13.5. The maximum atomic E-state index is 5.08. The maximum Gasteiger partial charge on any atom is 0.204 e. The molecule has 1 aliphatic rings. The fourth-order valence-electron chi connectivity index (χ4n) is 2.54. The SMILES string of the molecule is Cc1cc(CNc2nc3ccccc3n2C2CC2)no1. The molecule has 0 amide bonds. The number of aryl methyl sites for hydroxylation is 1. The number of hydrogen-bond donors (Lipinski definition) is 1. The van der Waals surface area contributed by atoms with E-state index in [1.807, 2.05) is 19.1 Å². The maximum absolute atomic E-state index is 5.08. The van der Waals surface area contributed by atoms with Crippen molar-refractivity contribution >= 4 is 17.0 Å². The van der Waals surface area contributed by atoms with E-state index in [9.17, 15) is 0 Å². The van der Waals surface area contributed by atoms with Crippen molar-refractivity contribution in [2.24, 2.45) is 0 Å². The molecule has 0 aliphatic heterocycles. The molecular formula is C15H16N4O. The lowest BCUT2D eigenvalue weighted by Crippen LogP contribution is -2.06. The predicted octanol–water partition coefficient (Wildman–Crippen LogP) is 3.28. The Labute approximate surface area is 116 Å². The normalized spacial score (nSPS) is 14.8. The molecule has 20 heavy (non-hydrogen) atoms. The minimum Gasteiger partial charge on any atom is -0.361 e. The summed E-state index contributed by atoms with van der Waals surface area (Å²) in [6.07, 6.45) is 2.47.